The summed E-state index contributed by atoms with van der Waals surface area (Å²) >= 11 is 0. The van der Waals surface area contributed by atoms with Gasteiger partial charge in [-0.15, -0.1) is 0 Å². The van der Waals surface area contributed by atoms with Crippen LogP contribution >= 0.6 is 0 Å². The Labute approximate surface area is 151 Å². The molecule has 1 aliphatic heterocycles. The van der Waals surface area contributed by atoms with Crippen molar-refractivity contribution in [2.45, 2.75) is 24.4 Å². The summed E-state index contributed by atoms with van der Waals surface area (Å²) in [6, 6.07) is 11.2. The summed E-state index contributed by atoms with van der Waals surface area (Å²) in [6.45, 7) is 3.66. The maximum atomic E-state index is 12.5. The standard InChI is InChI=1S/C16H19N7O2S/c1-16(2)21-14(17)20-15(18)23(16)11-6-8-12(9-7-11)26(24,25)22-13-5-3-4-10-19-13/h3-10H,1-2H3,(H,19,22)(H4,17,18,20,21). The monoisotopic (exact) mass is 373 g/mol. The lowest BCUT2D eigenvalue weighted by Crippen LogP contribution is -2.54. The molecule has 9 nitrogen and oxygen atoms in total. The zero-order chi connectivity index (χ0) is 18.9. The van der Waals surface area contributed by atoms with E-state index < -0.39 is 15.7 Å². The number of guanidine groups is 2. The van der Waals surface area contributed by atoms with Crippen molar-refractivity contribution in [1.29, 1.82) is 0 Å². The molecule has 0 bridgehead atoms. The number of benzene rings is 1. The highest BCUT2D eigenvalue weighted by atomic mass is 32.2. The molecule has 0 saturated carbocycles. The van der Waals surface area contributed by atoms with Gasteiger partial charge in [-0.05, 0) is 50.2 Å². The third-order valence-corrected chi connectivity index (χ3v) is 5.07. The van der Waals surface area contributed by atoms with Crippen molar-refractivity contribution < 1.29 is 8.42 Å². The van der Waals surface area contributed by atoms with E-state index in [1.54, 1.807) is 35.2 Å². The lowest BCUT2D eigenvalue weighted by molar-refractivity contribution is 0.534. The maximum Gasteiger partial charge on any atom is 0.263 e. The summed E-state index contributed by atoms with van der Waals surface area (Å²) in [7, 11) is -3.75. The van der Waals surface area contributed by atoms with Gasteiger partial charge in [-0.25, -0.2) is 18.4 Å². The van der Waals surface area contributed by atoms with Crippen LogP contribution in [0.3, 0.4) is 0 Å². The molecule has 2 aromatic rings. The first kappa shape index (κ1) is 17.7. The number of nitrogens with one attached hydrogen (secondary N) is 1. The van der Waals surface area contributed by atoms with Gasteiger partial charge in [0.05, 0.1) is 4.90 Å². The molecule has 26 heavy (non-hydrogen) atoms. The molecular formula is C16H19N7O2S. The lowest BCUT2D eigenvalue weighted by Gasteiger charge is -2.38. The van der Waals surface area contributed by atoms with Crippen LogP contribution in [0, 0.1) is 0 Å². The van der Waals surface area contributed by atoms with Crippen LogP contribution in [0.1, 0.15) is 13.8 Å². The minimum atomic E-state index is -3.75. The van der Waals surface area contributed by atoms with Crippen molar-refractivity contribution in [3.05, 3.63) is 48.7 Å². The van der Waals surface area contributed by atoms with Gasteiger partial charge < -0.3 is 11.5 Å². The Bertz CT molecular complexity index is 967. The average molecular weight is 373 g/mol. The van der Waals surface area contributed by atoms with Crippen LogP contribution < -0.4 is 21.1 Å². The number of hydrogen-bond acceptors (Lipinski definition) is 8. The Morgan fingerprint density at radius 1 is 1.08 bits per heavy atom. The molecule has 3 rings (SSSR count). The highest BCUT2D eigenvalue weighted by Gasteiger charge is 2.33. The quantitative estimate of drug-likeness (QED) is 0.732. The zero-order valence-electron chi connectivity index (χ0n) is 14.3. The Balaban J connectivity index is 1.88. The van der Waals surface area contributed by atoms with Gasteiger partial charge >= 0.3 is 0 Å². The highest BCUT2D eigenvalue weighted by Crippen LogP contribution is 2.28. The van der Waals surface area contributed by atoms with Crippen molar-refractivity contribution in [1.82, 2.24) is 4.98 Å². The second-order valence-corrected chi connectivity index (χ2v) is 7.77. The smallest absolute Gasteiger partial charge is 0.263 e. The number of rotatable bonds is 4. The average Bonchev–Trinajstić information content (AvgIpc) is 2.54. The van der Waals surface area contributed by atoms with E-state index in [1.807, 2.05) is 13.8 Å². The highest BCUT2D eigenvalue weighted by molar-refractivity contribution is 7.92. The maximum absolute atomic E-state index is 12.5. The molecule has 2 heterocycles. The fourth-order valence-corrected chi connectivity index (χ4v) is 3.65. The van der Waals surface area contributed by atoms with Crippen molar-refractivity contribution >= 4 is 33.4 Å². The van der Waals surface area contributed by atoms with E-state index in [4.69, 9.17) is 11.5 Å². The first-order chi connectivity index (χ1) is 12.2. The molecule has 0 amide bonds. The van der Waals surface area contributed by atoms with Crippen LogP contribution in [-0.2, 0) is 10.0 Å². The molecule has 10 heteroatoms. The molecule has 0 radical (unpaired) electrons. The number of hydrogen-bond donors (Lipinski definition) is 3. The number of aromatic nitrogens is 1. The van der Waals surface area contributed by atoms with Crippen LogP contribution in [0.4, 0.5) is 11.5 Å². The van der Waals surface area contributed by atoms with Crippen molar-refractivity contribution in [3.63, 3.8) is 0 Å². The van der Waals surface area contributed by atoms with Crippen LogP contribution in [-0.4, -0.2) is 31.0 Å². The predicted molar refractivity (Wildman–Crippen MR) is 101 cm³/mol. The van der Waals surface area contributed by atoms with Gasteiger partial charge in [-0.2, -0.15) is 4.99 Å². The summed E-state index contributed by atoms with van der Waals surface area (Å²) in [5.74, 6) is 0.530. The second-order valence-electron chi connectivity index (χ2n) is 6.08. The molecule has 0 unspecified atom stereocenters. The van der Waals surface area contributed by atoms with E-state index in [-0.39, 0.29) is 22.6 Å². The van der Waals surface area contributed by atoms with E-state index in [2.05, 4.69) is 19.7 Å². The van der Waals surface area contributed by atoms with Crippen LogP contribution in [0.2, 0.25) is 0 Å². The summed E-state index contributed by atoms with van der Waals surface area (Å²) < 4.78 is 27.4. The van der Waals surface area contributed by atoms with Gasteiger partial charge in [0, 0.05) is 11.9 Å². The largest absolute Gasteiger partial charge is 0.369 e. The normalized spacial score (nSPS) is 16.6. The predicted octanol–water partition coefficient (Wildman–Crippen LogP) is 1.07. The summed E-state index contributed by atoms with van der Waals surface area (Å²) in [5, 5.41) is 0. The minimum absolute atomic E-state index is 0.0974. The van der Waals surface area contributed by atoms with Crippen LogP contribution in [0.25, 0.3) is 0 Å². The Kier molecular flexibility index (Phi) is 4.28. The SMILES string of the molecule is CC1(C)N=C(N)N=C(N)N1c1ccc(S(=O)(=O)Nc2ccccn2)cc1. The molecule has 0 spiro atoms. The third-order valence-electron chi connectivity index (χ3n) is 3.70. The molecule has 0 saturated heterocycles. The van der Waals surface area contributed by atoms with Gasteiger partial charge in [0.25, 0.3) is 10.0 Å². The number of aliphatic imine (C=N–C) groups is 2. The molecule has 0 aliphatic carbocycles. The zero-order valence-corrected chi connectivity index (χ0v) is 15.1. The Hall–Kier alpha value is -3.14. The topological polar surface area (TPSA) is 139 Å². The van der Waals surface area contributed by atoms with Gasteiger partial charge in [-0.1, -0.05) is 6.07 Å². The molecular weight excluding hydrogens is 354 g/mol. The lowest BCUT2D eigenvalue weighted by atomic mass is 10.1. The fraction of sp³-hybridized carbons (Fsp3) is 0.188. The second kappa shape index (κ2) is 6.30. The number of nitrogens with two attached hydrogens (primary N) is 2. The van der Waals surface area contributed by atoms with Crippen LogP contribution in [0.5, 0.6) is 0 Å². The van der Waals surface area contributed by atoms with Crippen molar-refractivity contribution in [2.24, 2.45) is 21.5 Å². The minimum Gasteiger partial charge on any atom is -0.369 e. The van der Waals surface area contributed by atoms with E-state index in [0.29, 0.717) is 5.69 Å². The van der Waals surface area contributed by atoms with Gasteiger partial charge in [0.2, 0.25) is 11.9 Å². The fourth-order valence-electron chi connectivity index (χ4n) is 2.65. The Morgan fingerprint density at radius 3 is 2.35 bits per heavy atom. The van der Waals surface area contributed by atoms with Crippen molar-refractivity contribution in [2.75, 3.05) is 9.62 Å². The number of sulfonamides is 1. The third kappa shape index (κ3) is 3.45. The first-order valence-corrected chi connectivity index (χ1v) is 9.21. The van der Waals surface area contributed by atoms with E-state index >= 15 is 0 Å². The molecule has 136 valence electrons. The molecule has 0 atom stereocenters. The molecule has 1 aliphatic rings. The van der Waals surface area contributed by atoms with Gasteiger partial charge in [0.1, 0.15) is 11.5 Å². The molecule has 0 fully saturated rings. The summed E-state index contributed by atoms with van der Waals surface area (Å²) in [4.78, 5) is 14.0. The summed E-state index contributed by atoms with van der Waals surface area (Å²) in [5.41, 5.74) is 11.5. The molecule has 5 N–H and O–H groups in total. The van der Waals surface area contributed by atoms with E-state index in [0.717, 1.165) is 0 Å². The summed E-state index contributed by atoms with van der Waals surface area (Å²) in [6.07, 6.45) is 1.51. The number of pyridine rings is 1. The van der Waals surface area contributed by atoms with Gasteiger partial charge in [0.15, 0.2) is 0 Å². The first-order valence-electron chi connectivity index (χ1n) is 7.73. The molecule has 1 aromatic carbocycles. The number of nitrogens with zero attached hydrogens (tertiary/aromatic N) is 4. The number of anilines is 2. The van der Waals surface area contributed by atoms with E-state index in [1.165, 1.54) is 18.3 Å². The van der Waals surface area contributed by atoms with Gasteiger partial charge in [-0.3, -0.25) is 9.62 Å². The van der Waals surface area contributed by atoms with Crippen LogP contribution in [0.15, 0.2) is 63.5 Å². The molecule has 1 aromatic heterocycles. The van der Waals surface area contributed by atoms with E-state index in [9.17, 15) is 8.42 Å². The van der Waals surface area contributed by atoms with Crippen molar-refractivity contribution in [3.8, 4) is 0 Å². The Morgan fingerprint density at radius 2 is 1.77 bits per heavy atom.